The molecular formula is C8H8BrFO. The molecule has 1 aromatic rings. The highest BCUT2D eigenvalue weighted by atomic mass is 79.9. The van der Waals surface area contributed by atoms with Crippen LogP contribution in [-0.2, 0) is 11.3 Å². The molecule has 1 aromatic carbocycles. The van der Waals surface area contributed by atoms with Gasteiger partial charge in [0.25, 0.3) is 0 Å². The van der Waals surface area contributed by atoms with Gasteiger partial charge < -0.3 is 4.74 Å². The van der Waals surface area contributed by atoms with E-state index in [9.17, 15) is 4.39 Å². The zero-order chi connectivity index (χ0) is 8.27. The Morgan fingerprint density at radius 1 is 1.55 bits per heavy atom. The molecule has 3 heteroatoms. The van der Waals surface area contributed by atoms with Crippen molar-refractivity contribution < 1.29 is 9.13 Å². The van der Waals surface area contributed by atoms with Crippen molar-refractivity contribution in [3.8, 4) is 0 Å². The fourth-order valence-corrected chi connectivity index (χ4v) is 1.17. The largest absolute Gasteiger partial charge is 0.380 e. The van der Waals surface area contributed by atoms with Gasteiger partial charge in [-0.15, -0.1) is 0 Å². The molecule has 0 aliphatic rings. The standard InChI is InChI=1S/C8H8BrFO/c1-11-5-6-4-7(10)2-3-8(6)9/h2-4H,5H2,1H3. The van der Waals surface area contributed by atoms with E-state index in [2.05, 4.69) is 15.9 Å². The van der Waals surface area contributed by atoms with Gasteiger partial charge in [-0.25, -0.2) is 4.39 Å². The van der Waals surface area contributed by atoms with Crippen LogP contribution in [0.1, 0.15) is 5.56 Å². The second kappa shape index (κ2) is 3.83. The Morgan fingerprint density at radius 3 is 2.91 bits per heavy atom. The van der Waals surface area contributed by atoms with E-state index >= 15 is 0 Å². The molecule has 0 aliphatic carbocycles. The van der Waals surface area contributed by atoms with Crippen molar-refractivity contribution in [2.75, 3.05) is 7.11 Å². The lowest BCUT2D eigenvalue weighted by molar-refractivity contribution is 0.184. The van der Waals surface area contributed by atoms with Crippen LogP contribution in [-0.4, -0.2) is 7.11 Å². The molecule has 0 amide bonds. The molecular weight excluding hydrogens is 211 g/mol. The van der Waals surface area contributed by atoms with E-state index in [1.54, 1.807) is 13.2 Å². The van der Waals surface area contributed by atoms with Gasteiger partial charge in [0.05, 0.1) is 6.61 Å². The second-order valence-electron chi connectivity index (χ2n) is 2.17. The predicted octanol–water partition coefficient (Wildman–Crippen LogP) is 2.73. The molecule has 0 fully saturated rings. The average molecular weight is 219 g/mol. The average Bonchev–Trinajstić information content (AvgIpc) is 1.98. The van der Waals surface area contributed by atoms with Gasteiger partial charge in [-0.3, -0.25) is 0 Å². The number of methoxy groups -OCH3 is 1. The lowest BCUT2D eigenvalue weighted by Gasteiger charge is -2.01. The number of rotatable bonds is 2. The minimum absolute atomic E-state index is 0.236. The molecule has 0 heterocycles. The summed E-state index contributed by atoms with van der Waals surface area (Å²) in [6.07, 6.45) is 0. The Labute approximate surface area is 73.3 Å². The van der Waals surface area contributed by atoms with Gasteiger partial charge in [0.2, 0.25) is 0 Å². The summed E-state index contributed by atoms with van der Waals surface area (Å²) in [6, 6.07) is 4.53. The Kier molecular flexibility index (Phi) is 3.02. The third-order valence-electron chi connectivity index (χ3n) is 1.31. The maximum atomic E-state index is 12.6. The molecule has 0 saturated heterocycles. The van der Waals surface area contributed by atoms with Crippen molar-refractivity contribution >= 4 is 15.9 Å². The van der Waals surface area contributed by atoms with Crippen LogP contribution in [0.3, 0.4) is 0 Å². The molecule has 0 radical (unpaired) electrons. The third-order valence-corrected chi connectivity index (χ3v) is 2.08. The summed E-state index contributed by atoms with van der Waals surface area (Å²) in [5.41, 5.74) is 0.826. The van der Waals surface area contributed by atoms with Crippen molar-refractivity contribution in [1.29, 1.82) is 0 Å². The summed E-state index contributed by atoms with van der Waals surface area (Å²) in [5, 5.41) is 0. The molecule has 11 heavy (non-hydrogen) atoms. The molecule has 0 aromatic heterocycles. The maximum Gasteiger partial charge on any atom is 0.123 e. The Balaban J connectivity index is 2.93. The molecule has 60 valence electrons. The molecule has 1 rings (SSSR count). The van der Waals surface area contributed by atoms with Crippen LogP contribution < -0.4 is 0 Å². The summed E-state index contributed by atoms with van der Waals surface area (Å²) < 4.78 is 18.3. The lowest BCUT2D eigenvalue weighted by atomic mass is 10.2. The van der Waals surface area contributed by atoms with Crippen LogP contribution in [0.5, 0.6) is 0 Å². The second-order valence-corrected chi connectivity index (χ2v) is 3.02. The molecule has 0 bridgehead atoms. The van der Waals surface area contributed by atoms with Crippen LogP contribution in [0.2, 0.25) is 0 Å². The smallest absolute Gasteiger partial charge is 0.123 e. The van der Waals surface area contributed by atoms with Crippen molar-refractivity contribution in [1.82, 2.24) is 0 Å². The van der Waals surface area contributed by atoms with E-state index in [4.69, 9.17) is 4.74 Å². The first-order valence-corrected chi connectivity index (χ1v) is 3.96. The van der Waals surface area contributed by atoms with Crippen molar-refractivity contribution in [2.45, 2.75) is 6.61 Å². The van der Waals surface area contributed by atoms with Gasteiger partial charge in [0, 0.05) is 11.6 Å². The van der Waals surface area contributed by atoms with Crippen molar-refractivity contribution in [3.63, 3.8) is 0 Å². The predicted molar refractivity (Wildman–Crippen MR) is 44.8 cm³/mol. The maximum absolute atomic E-state index is 12.6. The van der Waals surface area contributed by atoms with Crippen LogP contribution in [0.25, 0.3) is 0 Å². The fraction of sp³-hybridized carbons (Fsp3) is 0.250. The molecule has 0 aliphatic heterocycles. The summed E-state index contributed by atoms with van der Waals surface area (Å²) >= 11 is 3.28. The summed E-state index contributed by atoms with van der Waals surface area (Å²) in [6.45, 7) is 0.429. The number of hydrogen-bond acceptors (Lipinski definition) is 1. The van der Waals surface area contributed by atoms with E-state index < -0.39 is 0 Å². The number of ether oxygens (including phenoxy) is 1. The molecule has 0 atom stereocenters. The lowest BCUT2D eigenvalue weighted by Crippen LogP contribution is -1.89. The first-order chi connectivity index (χ1) is 5.24. The van der Waals surface area contributed by atoms with Crippen molar-refractivity contribution in [3.05, 3.63) is 34.1 Å². The van der Waals surface area contributed by atoms with Crippen LogP contribution in [0.15, 0.2) is 22.7 Å². The highest BCUT2D eigenvalue weighted by Crippen LogP contribution is 2.18. The molecule has 0 saturated carbocycles. The number of hydrogen-bond donors (Lipinski definition) is 0. The van der Waals surface area contributed by atoms with Gasteiger partial charge in [-0.2, -0.15) is 0 Å². The topological polar surface area (TPSA) is 9.23 Å². The summed E-state index contributed by atoms with van der Waals surface area (Å²) in [4.78, 5) is 0. The van der Waals surface area contributed by atoms with Crippen LogP contribution in [0, 0.1) is 5.82 Å². The number of benzene rings is 1. The SMILES string of the molecule is COCc1cc(F)ccc1Br. The highest BCUT2D eigenvalue weighted by molar-refractivity contribution is 9.10. The number of halogens is 2. The van der Waals surface area contributed by atoms with E-state index in [0.717, 1.165) is 10.0 Å². The Bertz CT molecular complexity index is 250. The first-order valence-electron chi connectivity index (χ1n) is 3.17. The zero-order valence-electron chi connectivity index (χ0n) is 6.10. The molecule has 0 N–H and O–H groups in total. The van der Waals surface area contributed by atoms with Gasteiger partial charge in [0.15, 0.2) is 0 Å². The summed E-state index contributed by atoms with van der Waals surface area (Å²) in [5.74, 6) is -0.236. The first kappa shape index (κ1) is 8.68. The van der Waals surface area contributed by atoms with Crippen molar-refractivity contribution in [2.24, 2.45) is 0 Å². The van der Waals surface area contributed by atoms with Gasteiger partial charge in [-0.1, -0.05) is 15.9 Å². The van der Waals surface area contributed by atoms with Crippen LogP contribution >= 0.6 is 15.9 Å². The fourth-order valence-electron chi connectivity index (χ4n) is 0.809. The minimum atomic E-state index is -0.236. The zero-order valence-corrected chi connectivity index (χ0v) is 7.69. The highest BCUT2D eigenvalue weighted by Gasteiger charge is 1.99. The van der Waals surface area contributed by atoms with E-state index in [0.29, 0.717) is 6.61 Å². The monoisotopic (exact) mass is 218 g/mol. The Morgan fingerprint density at radius 2 is 2.27 bits per heavy atom. The van der Waals surface area contributed by atoms with Crippen LogP contribution in [0.4, 0.5) is 4.39 Å². The molecule has 1 nitrogen and oxygen atoms in total. The van der Waals surface area contributed by atoms with E-state index in [1.165, 1.54) is 12.1 Å². The van der Waals surface area contributed by atoms with Gasteiger partial charge in [0.1, 0.15) is 5.82 Å². The quantitative estimate of drug-likeness (QED) is 0.742. The molecule has 0 spiro atoms. The molecule has 0 unspecified atom stereocenters. The van der Waals surface area contributed by atoms with E-state index in [-0.39, 0.29) is 5.82 Å². The minimum Gasteiger partial charge on any atom is -0.380 e. The summed E-state index contributed by atoms with van der Waals surface area (Å²) in [7, 11) is 1.58. The Hall–Kier alpha value is -0.410. The third kappa shape index (κ3) is 2.27. The van der Waals surface area contributed by atoms with E-state index in [1.807, 2.05) is 0 Å². The normalized spacial score (nSPS) is 10.1. The van der Waals surface area contributed by atoms with Gasteiger partial charge in [-0.05, 0) is 23.8 Å². The van der Waals surface area contributed by atoms with Gasteiger partial charge >= 0.3 is 0 Å².